The molecule has 0 bridgehead atoms. The molecule has 1 atom stereocenters. The van der Waals surface area contributed by atoms with Gasteiger partial charge in [0.05, 0.1) is 18.4 Å². The zero-order valence-corrected chi connectivity index (χ0v) is 12.3. The van der Waals surface area contributed by atoms with Gasteiger partial charge in [-0.15, -0.1) is 0 Å². The number of carbonyl (C=O) groups is 2. The van der Waals surface area contributed by atoms with Crippen molar-refractivity contribution >= 4 is 21.9 Å². The molecule has 0 aliphatic carbocycles. The Labute approximate surface area is 122 Å². The molecule has 1 rings (SSSR count). The molecule has 0 spiro atoms. The van der Waals surface area contributed by atoms with Crippen molar-refractivity contribution in [1.82, 2.24) is 4.72 Å². The number of nitrogens with one attached hydrogen (secondary N) is 1. The summed E-state index contributed by atoms with van der Waals surface area (Å²) in [6.45, 7) is 1.65. The number of ether oxygens (including phenoxy) is 1. The number of hydrogen-bond acceptors (Lipinski definition) is 5. The molecule has 21 heavy (non-hydrogen) atoms. The second-order valence-electron chi connectivity index (χ2n) is 4.31. The number of sulfonamides is 1. The van der Waals surface area contributed by atoms with E-state index >= 15 is 0 Å². The molecule has 4 N–H and O–H groups in total. The quantitative estimate of drug-likeness (QED) is 0.627. The van der Waals surface area contributed by atoms with Gasteiger partial charge in [-0.25, -0.2) is 8.42 Å². The number of carboxylic acids is 1. The van der Waals surface area contributed by atoms with Crippen molar-refractivity contribution in [3.63, 3.8) is 0 Å². The van der Waals surface area contributed by atoms with Gasteiger partial charge in [0, 0.05) is 0 Å². The molecule has 8 nitrogen and oxygen atoms in total. The lowest BCUT2D eigenvalue weighted by molar-refractivity contribution is -0.140. The highest BCUT2D eigenvalue weighted by atomic mass is 32.2. The van der Waals surface area contributed by atoms with Gasteiger partial charge >= 0.3 is 5.97 Å². The van der Waals surface area contributed by atoms with Crippen molar-refractivity contribution in [2.75, 3.05) is 7.11 Å². The van der Waals surface area contributed by atoms with Crippen LogP contribution < -0.4 is 15.2 Å². The summed E-state index contributed by atoms with van der Waals surface area (Å²) < 4.78 is 31.2. The first-order valence-electron chi connectivity index (χ1n) is 5.85. The smallest absolute Gasteiger partial charge is 0.322 e. The fourth-order valence-electron chi connectivity index (χ4n) is 1.65. The third-order valence-electron chi connectivity index (χ3n) is 2.68. The topological polar surface area (TPSA) is 136 Å². The van der Waals surface area contributed by atoms with Crippen molar-refractivity contribution in [3.05, 3.63) is 23.8 Å². The van der Waals surface area contributed by atoms with E-state index in [-0.39, 0.29) is 4.90 Å². The minimum Gasteiger partial charge on any atom is -0.496 e. The molecule has 1 amide bonds. The maximum Gasteiger partial charge on any atom is 0.322 e. The molecule has 116 valence electrons. The number of primary amides is 1. The van der Waals surface area contributed by atoms with Crippen molar-refractivity contribution in [2.24, 2.45) is 5.73 Å². The number of hydrogen-bond donors (Lipinski definition) is 3. The SMILES string of the molecule is COc1ccc(S(=O)(=O)NC(CC(N)=O)C(=O)O)cc1C. The van der Waals surface area contributed by atoms with Gasteiger partial charge in [-0.2, -0.15) is 4.72 Å². The fourth-order valence-corrected chi connectivity index (χ4v) is 2.93. The molecular weight excluding hydrogens is 300 g/mol. The highest BCUT2D eigenvalue weighted by Crippen LogP contribution is 2.21. The Morgan fingerprint density at radius 3 is 2.48 bits per heavy atom. The molecule has 0 heterocycles. The molecule has 1 aromatic rings. The molecule has 0 aromatic heterocycles. The van der Waals surface area contributed by atoms with Crippen molar-refractivity contribution in [2.45, 2.75) is 24.3 Å². The van der Waals surface area contributed by atoms with Crippen LogP contribution in [0.1, 0.15) is 12.0 Å². The molecule has 0 radical (unpaired) electrons. The number of nitrogens with two attached hydrogens (primary N) is 1. The number of carbonyl (C=O) groups excluding carboxylic acids is 1. The van der Waals surface area contributed by atoms with Crippen LogP contribution in [0.2, 0.25) is 0 Å². The average molecular weight is 316 g/mol. The van der Waals surface area contributed by atoms with Crippen molar-refractivity contribution < 1.29 is 27.9 Å². The van der Waals surface area contributed by atoms with E-state index in [0.717, 1.165) is 0 Å². The maximum atomic E-state index is 12.1. The second kappa shape index (κ2) is 6.55. The van der Waals surface area contributed by atoms with Crippen LogP contribution in [-0.2, 0) is 19.6 Å². The van der Waals surface area contributed by atoms with Crippen LogP contribution >= 0.6 is 0 Å². The minimum atomic E-state index is -4.09. The monoisotopic (exact) mass is 316 g/mol. The lowest BCUT2D eigenvalue weighted by atomic mass is 10.2. The van der Waals surface area contributed by atoms with Gasteiger partial charge in [0.15, 0.2) is 0 Å². The number of amides is 1. The first kappa shape index (κ1) is 16.9. The zero-order chi connectivity index (χ0) is 16.2. The first-order valence-corrected chi connectivity index (χ1v) is 7.33. The molecule has 0 saturated carbocycles. The Kier molecular flexibility index (Phi) is 5.28. The highest BCUT2D eigenvalue weighted by molar-refractivity contribution is 7.89. The normalized spacial score (nSPS) is 12.7. The summed E-state index contributed by atoms with van der Waals surface area (Å²) >= 11 is 0. The fraction of sp³-hybridized carbons (Fsp3) is 0.333. The number of rotatable bonds is 7. The summed E-state index contributed by atoms with van der Waals surface area (Å²) in [4.78, 5) is 21.6. The van der Waals surface area contributed by atoms with E-state index in [1.165, 1.54) is 25.3 Å². The van der Waals surface area contributed by atoms with Crippen LogP contribution in [0, 0.1) is 6.92 Å². The summed E-state index contributed by atoms with van der Waals surface area (Å²) in [5.74, 6) is -1.90. The predicted octanol–water partition coefficient (Wildman–Crippen LogP) is -0.389. The van der Waals surface area contributed by atoms with Gasteiger partial charge in [-0.1, -0.05) is 0 Å². The number of benzene rings is 1. The van der Waals surface area contributed by atoms with E-state index in [1.807, 2.05) is 4.72 Å². The molecule has 9 heteroatoms. The second-order valence-corrected chi connectivity index (χ2v) is 6.03. The number of methoxy groups -OCH3 is 1. The predicted molar refractivity (Wildman–Crippen MR) is 73.3 cm³/mol. The van der Waals surface area contributed by atoms with Crippen LogP contribution in [0.15, 0.2) is 23.1 Å². The zero-order valence-electron chi connectivity index (χ0n) is 11.5. The van der Waals surface area contributed by atoms with Crippen LogP contribution in [0.3, 0.4) is 0 Å². The molecule has 0 aliphatic heterocycles. The van der Waals surface area contributed by atoms with Gasteiger partial charge in [0.2, 0.25) is 15.9 Å². The summed E-state index contributed by atoms with van der Waals surface area (Å²) in [5.41, 5.74) is 5.47. The van der Waals surface area contributed by atoms with Crippen LogP contribution in [-0.4, -0.2) is 38.6 Å². The minimum absolute atomic E-state index is 0.128. The molecule has 1 aromatic carbocycles. The van der Waals surface area contributed by atoms with Crippen LogP contribution in [0.5, 0.6) is 5.75 Å². The van der Waals surface area contributed by atoms with Gasteiger partial charge in [-0.05, 0) is 30.7 Å². The van der Waals surface area contributed by atoms with Crippen molar-refractivity contribution in [3.8, 4) is 5.75 Å². The van der Waals surface area contributed by atoms with Gasteiger partial charge in [0.1, 0.15) is 11.8 Å². The first-order chi connectivity index (χ1) is 9.67. The standard InChI is InChI=1S/C12H16N2O6S/c1-7-5-8(3-4-10(7)20-2)21(18,19)14-9(12(16)17)6-11(13)15/h3-5,9,14H,6H2,1-2H3,(H2,13,15)(H,16,17). The van der Waals surface area contributed by atoms with E-state index in [2.05, 4.69) is 0 Å². The summed E-state index contributed by atoms with van der Waals surface area (Å²) in [6, 6.07) is 2.45. The number of aliphatic carboxylic acids is 1. The van der Waals surface area contributed by atoms with E-state index in [9.17, 15) is 18.0 Å². The Hall–Kier alpha value is -2.13. The Bertz CT molecular complexity index is 656. The molecular formula is C12H16N2O6S. The molecule has 0 fully saturated rings. The van der Waals surface area contributed by atoms with E-state index in [0.29, 0.717) is 11.3 Å². The molecule has 1 unspecified atom stereocenters. The Morgan fingerprint density at radius 2 is 2.05 bits per heavy atom. The highest BCUT2D eigenvalue weighted by Gasteiger charge is 2.27. The Morgan fingerprint density at radius 1 is 1.43 bits per heavy atom. The summed E-state index contributed by atoms with van der Waals surface area (Å²) in [6.07, 6.45) is -0.635. The third-order valence-corrected chi connectivity index (χ3v) is 4.15. The van der Waals surface area contributed by atoms with Gasteiger partial charge < -0.3 is 15.6 Å². The van der Waals surface area contributed by atoms with E-state index in [1.54, 1.807) is 6.92 Å². The van der Waals surface area contributed by atoms with Crippen LogP contribution in [0.4, 0.5) is 0 Å². The maximum absolute atomic E-state index is 12.1. The van der Waals surface area contributed by atoms with Crippen molar-refractivity contribution in [1.29, 1.82) is 0 Å². The largest absolute Gasteiger partial charge is 0.496 e. The van der Waals surface area contributed by atoms with E-state index < -0.39 is 34.4 Å². The lowest BCUT2D eigenvalue weighted by Gasteiger charge is -2.14. The number of aryl methyl sites for hydroxylation is 1. The van der Waals surface area contributed by atoms with Gasteiger partial charge in [-0.3, -0.25) is 9.59 Å². The third kappa shape index (κ3) is 4.43. The summed E-state index contributed by atoms with van der Waals surface area (Å²) in [5, 5.41) is 8.91. The molecule has 0 aliphatic rings. The lowest BCUT2D eigenvalue weighted by Crippen LogP contribution is -2.43. The Balaban J connectivity index is 3.07. The van der Waals surface area contributed by atoms with E-state index in [4.69, 9.17) is 15.6 Å². The average Bonchev–Trinajstić information content (AvgIpc) is 2.36. The summed E-state index contributed by atoms with van der Waals surface area (Å²) in [7, 11) is -2.65. The van der Waals surface area contributed by atoms with Crippen LogP contribution in [0.25, 0.3) is 0 Å². The number of carboxylic acid groups (broad SMARTS) is 1. The van der Waals surface area contributed by atoms with Gasteiger partial charge in [0.25, 0.3) is 0 Å². The molecule has 0 saturated heterocycles.